The molecule has 0 atom stereocenters. The fourth-order valence-electron chi connectivity index (χ4n) is 3.36. The van der Waals surface area contributed by atoms with Crippen LogP contribution in [-0.2, 0) is 11.2 Å². The van der Waals surface area contributed by atoms with Gasteiger partial charge in [-0.2, -0.15) is 0 Å². The lowest BCUT2D eigenvalue weighted by atomic mass is 10.00. The number of carbonyl (C=O) groups is 1. The van der Waals surface area contributed by atoms with E-state index in [4.69, 9.17) is 9.84 Å². The summed E-state index contributed by atoms with van der Waals surface area (Å²) in [6, 6.07) is 10.1. The standard InChI is InChI=1S/C19H17BN2O3/c1-25-16-7-4-13(5-8-16)17-11-15(6-9-19(23)24)22-18(17)12-14-3-2-10-21(14)20-22/h2-5,7-8,10-12,20H,6,9H2,1H3/p+1. The molecule has 2 aromatic rings. The molecule has 124 valence electrons. The number of carboxylic acid groups (broad SMARTS) is 1. The first kappa shape index (κ1) is 15.5. The molecule has 3 heterocycles. The highest BCUT2D eigenvalue weighted by Crippen LogP contribution is 2.33. The second kappa shape index (κ2) is 6.13. The number of fused-ring (bicyclic) bond motifs is 2. The quantitative estimate of drug-likeness (QED) is 0.855. The van der Waals surface area contributed by atoms with Gasteiger partial charge in [0, 0.05) is 35.2 Å². The molecule has 2 aliphatic rings. The van der Waals surface area contributed by atoms with Crippen molar-refractivity contribution in [2.24, 2.45) is 0 Å². The number of aromatic nitrogens is 1. The number of carboxylic acids is 1. The molecule has 0 spiro atoms. The molecule has 1 aromatic carbocycles. The van der Waals surface area contributed by atoms with E-state index in [1.54, 1.807) is 7.11 Å². The van der Waals surface area contributed by atoms with Gasteiger partial charge < -0.3 is 14.3 Å². The minimum atomic E-state index is -0.775. The van der Waals surface area contributed by atoms with E-state index in [1.165, 1.54) is 0 Å². The van der Waals surface area contributed by atoms with Crippen LogP contribution in [0, 0.1) is 0 Å². The van der Waals surface area contributed by atoms with Crippen LogP contribution >= 0.6 is 0 Å². The molecule has 2 aliphatic heterocycles. The zero-order valence-corrected chi connectivity index (χ0v) is 14.0. The van der Waals surface area contributed by atoms with Crippen LogP contribution in [0.25, 0.3) is 17.2 Å². The van der Waals surface area contributed by atoms with Gasteiger partial charge in [0.1, 0.15) is 12.0 Å². The number of benzene rings is 1. The molecule has 6 heteroatoms. The molecule has 1 N–H and O–H groups in total. The van der Waals surface area contributed by atoms with Gasteiger partial charge in [-0.3, -0.25) is 9.28 Å². The molecule has 0 saturated heterocycles. The van der Waals surface area contributed by atoms with Crippen LogP contribution in [0.5, 0.6) is 5.75 Å². The van der Waals surface area contributed by atoms with Gasteiger partial charge in [-0.15, -0.1) is 0 Å². The third-order valence-electron chi connectivity index (χ3n) is 4.66. The van der Waals surface area contributed by atoms with Crippen molar-refractivity contribution in [3.63, 3.8) is 0 Å². The number of aryl methyl sites for hydroxylation is 1. The summed E-state index contributed by atoms with van der Waals surface area (Å²) in [5, 5.41) is 9.05. The van der Waals surface area contributed by atoms with Crippen molar-refractivity contribution >= 4 is 25.8 Å². The van der Waals surface area contributed by atoms with Crippen molar-refractivity contribution in [2.75, 3.05) is 7.11 Å². The zero-order chi connectivity index (χ0) is 17.4. The number of ether oxygens (including phenoxy) is 1. The van der Waals surface area contributed by atoms with Crippen LogP contribution in [0.1, 0.15) is 17.8 Å². The van der Waals surface area contributed by atoms with E-state index in [1.807, 2.05) is 36.6 Å². The van der Waals surface area contributed by atoms with Gasteiger partial charge in [-0.1, -0.05) is 12.1 Å². The van der Waals surface area contributed by atoms with E-state index in [-0.39, 0.29) is 6.42 Å². The number of rotatable bonds is 5. The van der Waals surface area contributed by atoms with E-state index in [0.717, 1.165) is 34.0 Å². The molecule has 4 rings (SSSR count). The largest absolute Gasteiger partial charge is 0.604 e. The SMILES string of the molecule is COc1ccc(-c2cc(CCC(=O)O)n3c2C=C2C=CC=[N+]2B3)cc1. The molecule has 0 fully saturated rings. The van der Waals surface area contributed by atoms with Gasteiger partial charge in [0.15, 0.2) is 5.70 Å². The molecule has 25 heavy (non-hydrogen) atoms. The van der Waals surface area contributed by atoms with E-state index in [9.17, 15) is 4.79 Å². The summed E-state index contributed by atoms with van der Waals surface area (Å²) in [5.41, 5.74) is 5.54. The average molecular weight is 333 g/mol. The Morgan fingerprint density at radius 1 is 1.32 bits per heavy atom. The van der Waals surface area contributed by atoms with Crippen molar-refractivity contribution in [2.45, 2.75) is 12.8 Å². The third-order valence-corrected chi connectivity index (χ3v) is 4.66. The Kier molecular flexibility index (Phi) is 3.80. The van der Waals surface area contributed by atoms with E-state index in [0.29, 0.717) is 14.0 Å². The summed E-state index contributed by atoms with van der Waals surface area (Å²) in [4.78, 5) is 11.0. The summed E-state index contributed by atoms with van der Waals surface area (Å²) in [6.45, 7) is 0. The van der Waals surface area contributed by atoms with Gasteiger partial charge >= 0.3 is 13.5 Å². The third kappa shape index (κ3) is 2.80. The number of hydrogen-bond donors (Lipinski definition) is 1. The molecule has 0 aliphatic carbocycles. The summed E-state index contributed by atoms with van der Waals surface area (Å²) in [6.07, 6.45) is 8.97. The Bertz CT molecular complexity index is 936. The van der Waals surface area contributed by atoms with Crippen LogP contribution in [-0.4, -0.2) is 40.9 Å². The van der Waals surface area contributed by atoms with Gasteiger partial charge in [0.2, 0.25) is 0 Å². The number of hydrogen-bond acceptors (Lipinski definition) is 2. The van der Waals surface area contributed by atoms with Gasteiger partial charge in [-0.05, 0) is 30.2 Å². The maximum Gasteiger partial charge on any atom is 0.604 e. The summed E-state index contributed by atoms with van der Waals surface area (Å²) in [7, 11) is 2.36. The van der Waals surface area contributed by atoms with Crippen LogP contribution in [0.4, 0.5) is 0 Å². The first-order valence-corrected chi connectivity index (χ1v) is 8.24. The molecular weight excluding hydrogens is 315 g/mol. The zero-order valence-electron chi connectivity index (χ0n) is 14.0. The topological polar surface area (TPSA) is 54.5 Å². The van der Waals surface area contributed by atoms with Crippen LogP contribution in [0.2, 0.25) is 0 Å². The Balaban J connectivity index is 1.80. The normalized spacial score (nSPS) is 14.3. The second-order valence-corrected chi connectivity index (χ2v) is 6.17. The highest BCUT2D eigenvalue weighted by atomic mass is 16.5. The van der Waals surface area contributed by atoms with Crippen molar-refractivity contribution < 1.29 is 19.1 Å². The summed E-state index contributed by atoms with van der Waals surface area (Å²) >= 11 is 0. The fraction of sp³-hybridized carbons (Fsp3) is 0.158. The van der Waals surface area contributed by atoms with Gasteiger partial charge in [0.05, 0.1) is 13.5 Å². The van der Waals surface area contributed by atoms with Crippen molar-refractivity contribution in [1.82, 2.24) is 4.48 Å². The fourth-order valence-corrected chi connectivity index (χ4v) is 3.36. The Morgan fingerprint density at radius 3 is 2.84 bits per heavy atom. The first-order chi connectivity index (χ1) is 12.2. The predicted molar refractivity (Wildman–Crippen MR) is 98.4 cm³/mol. The maximum absolute atomic E-state index is 11.0. The van der Waals surface area contributed by atoms with Crippen molar-refractivity contribution in [3.05, 3.63) is 59.6 Å². The highest BCUT2D eigenvalue weighted by Gasteiger charge is 2.29. The van der Waals surface area contributed by atoms with E-state index in [2.05, 4.69) is 27.2 Å². The molecular formula is C19H18BN2O3+. The molecule has 0 unspecified atom stereocenters. The molecule has 0 radical (unpaired) electrons. The van der Waals surface area contributed by atoms with Crippen LogP contribution in [0.3, 0.4) is 0 Å². The Hall–Kier alpha value is -3.02. The lowest BCUT2D eigenvalue weighted by Crippen LogP contribution is -2.27. The Labute approximate surface area is 146 Å². The molecule has 5 nitrogen and oxygen atoms in total. The molecule has 0 bridgehead atoms. The van der Waals surface area contributed by atoms with Crippen molar-refractivity contribution in [1.29, 1.82) is 0 Å². The van der Waals surface area contributed by atoms with Crippen LogP contribution in [0.15, 0.2) is 48.2 Å². The number of aliphatic carboxylic acids is 1. The Morgan fingerprint density at radius 2 is 2.12 bits per heavy atom. The highest BCUT2D eigenvalue weighted by molar-refractivity contribution is 6.27. The summed E-state index contributed by atoms with van der Waals surface area (Å²) in [5.74, 6) is 0.0452. The van der Waals surface area contributed by atoms with E-state index >= 15 is 0 Å². The number of methoxy groups -OCH3 is 1. The predicted octanol–water partition coefficient (Wildman–Crippen LogP) is 2.30. The monoisotopic (exact) mass is 333 g/mol. The molecule has 0 amide bonds. The minimum absolute atomic E-state index is 0.129. The van der Waals surface area contributed by atoms with Gasteiger partial charge in [-0.25, -0.2) is 0 Å². The minimum Gasteiger partial charge on any atom is -0.497 e. The molecule has 1 aromatic heterocycles. The molecule has 0 saturated carbocycles. The summed E-state index contributed by atoms with van der Waals surface area (Å²) < 4.78 is 9.61. The van der Waals surface area contributed by atoms with E-state index < -0.39 is 5.97 Å². The average Bonchev–Trinajstić information content (AvgIpc) is 3.22. The lowest BCUT2D eigenvalue weighted by Gasteiger charge is -2.13. The number of allylic oxidation sites excluding steroid dienone is 2. The van der Waals surface area contributed by atoms with Crippen LogP contribution < -0.4 is 4.74 Å². The van der Waals surface area contributed by atoms with Crippen molar-refractivity contribution in [3.8, 4) is 16.9 Å². The maximum atomic E-state index is 11.0. The second-order valence-electron chi connectivity index (χ2n) is 6.17. The smallest absolute Gasteiger partial charge is 0.497 e. The van der Waals surface area contributed by atoms with Gasteiger partial charge in [0.25, 0.3) is 0 Å². The number of nitrogens with zero attached hydrogens (tertiary/aromatic N) is 2. The lowest BCUT2D eigenvalue weighted by molar-refractivity contribution is -0.306. The first-order valence-electron chi connectivity index (χ1n) is 8.24.